The first-order valence-corrected chi connectivity index (χ1v) is 5.49. The molecule has 16 heavy (non-hydrogen) atoms. The summed E-state index contributed by atoms with van der Waals surface area (Å²) in [6, 6.07) is 0. The third kappa shape index (κ3) is 4.96. The molecular formula is C12H20O4. The van der Waals surface area contributed by atoms with Gasteiger partial charge in [0.2, 0.25) is 0 Å². The molecule has 0 aliphatic rings. The van der Waals surface area contributed by atoms with Gasteiger partial charge in [-0.25, -0.2) is 0 Å². The smallest absolute Gasteiger partial charge is 0.306 e. The van der Waals surface area contributed by atoms with Crippen molar-refractivity contribution >= 4 is 11.9 Å². The fourth-order valence-corrected chi connectivity index (χ4v) is 1.04. The molecule has 0 saturated heterocycles. The largest absolute Gasteiger partial charge is 0.458 e. The number of rotatable bonds is 6. The first kappa shape index (κ1) is 14.7. The van der Waals surface area contributed by atoms with E-state index >= 15 is 0 Å². The molecule has 0 rings (SSSR count). The van der Waals surface area contributed by atoms with Crippen LogP contribution in [-0.4, -0.2) is 24.1 Å². The molecule has 2 atom stereocenters. The van der Waals surface area contributed by atoms with E-state index in [0.29, 0.717) is 18.4 Å². The maximum atomic E-state index is 11.1. The van der Waals surface area contributed by atoms with Crippen molar-refractivity contribution in [3.8, 4) is 0 Å². The van der Waals surface area contributed by atoms with Crippen molar-refractivity contribution in [2.75, 3.05) is 0 Å². The van der Waals surface area contributed by atoms with Crippen LogP contribution >= 0.6 is 0 Å². The molecule has 0 aliphatic heterocycles. The van der Waals surface area contributed by atoms with Gasteiger partial charge >= 0.3 is 11.9 Å². The quantitative estimate of drug-likeness (QED) is 0.516. The molecule has 0 saturated carbocycles. The summed E-state index contributed by atoms with van der Waals surface area (Å²) in [5, 5.41) is 0. The van der Waals surface area contributed by atoms with Crippen LogP contribution < -0.4 is 0 Å². The lowest BCUT2D eigenvalue weighted by atomic mass is 10.1. The lowest BCUT2D eigenvalue weighted by molar-refractivity contribution is -0.149. The van der Waals surface area contributed by atoms with E-state index in [2.05, 4.69) is 6.58 Å². The van der Waals surface area contributed by atoms with Gasteiger partial charge in [-0.15, -0.1) is 0 Å². The van der Waals surface area contributed by atoms with E-state index in [1.807, 2.05) is 0 Å². The van der Waals surface area contributed by atoms with Crippen molar-refractivity contribution in [1.29, 1.82) is 0 Å². The van der Waals surface area contributed by atoms with Gasteiger partial charge in [-0.1, -0.05) is 20.4 Å². The number of ether oxygens (including phenoxy) is 2. The first-order valence-electron chi connectivity index (χ1n) is 5.49. The Morgan fingerprint density at radius 1 is 1.00 bits per heavy atom. The number of carbonyl (C=O) groups excluding carboxylic acids is 2. The molecule has 2 unspecified atom stereocenters. The second-order valence-electron chi connectivity index (χ2n) is 3.55. The number of hydrogen-bond acceptors (Lipinski definition) is 4. The monoisotopic (exact) mass is 228 g/mol. The minimum atomic E-state index is -0.438. The van der Waals surface area contributed by atoms with Gasteiger partial charge in [-0.2, -0.15) is 0 Å². The second kappa shape index (κ2) is 7.04. The Morgan fingerprint density at radius 2 is 1.31 bits per heavy atom. The molecule has 0 radical (unpaired) electrons. The molecular weight excluding hydrogens is 208 g/mol. The number of carbonyl (C=O) groups is 2. The van der Waals surface area contributed by atoms with E-state index in [4.69, 9.17) is 9.47 Å². The molecule has 92 valence electrons. The average molecular weight is 228 g/mol. The van der Waals surface area contributed by atoms with Crippen molar-refractivity contribution in [3.63, 3.8) is 0 Å². The normalized spacial score (nSPS) is 13.8. The van der Waals surface area contributed by atoms with E-state index in [0.717, 1.165) is 0 Å². The average Bonchev–Trinajstić information content (AvgIpc) is 2.27. The molecule has 0 fully saturated rings. The molecule has 0 N–H and O–H groups in total. The SMILES string of the molecule is C=C(C(C)OC(=O)CC)C(C)OC(=O)CC. The van der Waals surface area contributed by atoms with Crippen molar-refractivity contribution in [3.05, 3.63) is 12.2 Å². The highest BCUT2D eigenvalue weighted by Gasteiger charge is 2.19. The summed E-state index contributed by atoms with van der Waals surface area (Å²) in [6.45, 7) is 10.6. The van der Waals surface area contributed by atoms with Crippen LogP contribution in [0, 0.1) is 0 Å². The van der Waals surface area contributed by atoms with E-state index < -0.39 is 12.2 Å². The third-order valence-electron chi connectivity index (χ3n) is 2.24. The van der Waals surface area contributed by atoms with Gasteiger partial charge in [-0.05, 0) is 13.8 Å². The molecule has 0 aromatic carbocycles. The molecule has 4 nitrogen and oxygen atoms in total. The van der Waals surface area contributed by atoms with E-state index in [1.165, 1.54) is 0 Å². The Hall–Kier alpha value is -1.32. The van der Waals surface area contributed by atoms with Crippen LogP contribution in [0.2, 0.25) is 0 Å². The fraction of sp³-hybridized carbons (Fsp3) is 0.667. The van der Waals surface area contributed by atoms with Crippen LogP contribution in [0.4, 0.5) is 0 Å². The standard InChI is InChI=1S/C12H20O4/c1-6-11(13)15-9(4)8(3)10(5)16-12(14)7-2/h9-10H,3,6-7H2,1-2,4-5H3. The third-order valence-corrected chi connectivity index (χ3v) is 2.24. The minimum Gasteiger partial charge on any atom is -0.458 e. The van der Waals surface area contributed by atoms with Gasteiger partial charge in [0.25, 0.3) is 0 Å². The first-order chi connectivity index (χ1) is 7.42. The highest BCUT2D eigenvalue weighted by molar-refractivity contribution is 5.70. The van der Waals surface area contributed by atoms with Gasteiger partial charge in [-0.3, -0.25) is 9.59 Å². The number of esters is 2. The van der Waals surface area contributed by atoms with Crippen molar-refractivity contribution < 1.29 is 19.1 Å². The molecule has 0 spiro atoms. The van der Waals surface area contributed by atoms with Crippen molar-refractivity contribution in [2.24, 2.45) is 0 Å². The zero-order chi connectivity index (χ0) is 12.7. The predicted octanol–water partition coefficient (Wildman–Crippen LogP) is 2.23. The summed E-state index contributed by atoms with van der Waals surface area (Å²) < 4.78 is 10.1. The Morgan fingerprint density at radius 3 is 1.56 bits per heavy atom. The van der Waals surface area contributed by atoms with Gasteiger partial charge in [0.15, 0.2) is 0 Å². The van der Waals surface area contributed by atoms with Crippen molar-refractivity contribution in [2.45, 2.75) is 52.7 Å². The second-order valence-corrected chi connectivity index (χ2v) is 3.55. The van der Waals surface area contributed by atoms with Gasteiger partial charge in [0.05, 0.1) is 0 Å². The van der Waals surface area contributed by atoms with Gasteiger partial charge in [0, 0.05) is 18.4 Å². The summed E-state index contributed by atoms with van der Waals surface area (Å²) in [7, 11) is 0. The van der Waals surface area contributed by atoms with Crippen LogP contribution in [0.15, 0.2) is 12.2 Å². The summed E-state index contributed by atoms with van der Waals surface area (Å²) >= 11 is 0. The maximum Gasteiger partial charge on any atom is 0.306 e. The summed E-state index contributed by atoms with van der Waals surface area (Å²) in [4.78, 5) is 22.1. The van der Waals surface area contributed by atoms with Crippen LogP contribution in [0.1, 0.15) is 40.5 Å². The molecule has 0 aromatic rings. The Labute approximate surface area is 96.6 Å². The Bertz CT molecular complexity index is 244. The molecule has 0 amide bonds. The molecule has 0 bridgehead atoms. The lowest BCUT2D eigenvalue weighted by Gasteiger charge is -2.21. The predicted molar refractivity (Wildman–Crippen MR) is 60.8 cm³/mol. The summed E-state index contributed by atoms with van der Waals surface area (Å²) in [6.07, 6.45) is -0.235. The Balaban J connectivity index is 4.21. The minimum absolute atomic E-state index is 0.289. The number of hydrogen-bond donors (Lipinski definition) is 0. The lowest BCUT2D eigenvalue weighted by Crippen LogP contribution is -2.25. The highest BCUT2D eigenvalue weighted by atomic mass is 16.6. The highest BCUT2D eigenvalue weighted by Crippen LogP contribution is 2.13. The molecule has 0 aliphatic carbocycles. The van der Waals surface area contributed by atoms with Crippen LogP contribution in [0.5, 0.6) is 0 Å². The van der Waals surface area contributed by atoms with Crippen LogP contribution in [0.3, 0.4) is 0 Å². The topological polar surface area (TPSA) is 52.6 Å². The van der Waals surface area contributed by atoms with Crippen LogP contribution in [0.25, 0.3) is 0 Å². The van der Waals surface area contributed by atoms with E-state index in [9.17, 15) is 9.59 Å². The zero-order valence-electron chi connectivity index (χ0n) is 10.4. The molecule has 4 heteroatoms. The maximum absolute atomic E-state index is 11.1. The molecule has 0 aromatic heterocycles. The van der Waals surface area contributed by atoms with E-state index in [1.54, 1.807) is 27.7 Å². The Kier molecular flexibility index (Phi) is 6.46. The summed E-state index contributed by atoms with van der Waals surface area (Å²) in [5.41, 5.74) is 0.587. The van der Waals surface area contributed by atoms with Gasteiger partial charge < -0.3 is 9.47 Å². The zero-order valence-corrected chi connectivity index (χ0v) is 10.4. The summed E-state index contributed by atoms with van der Waals surface area (Å²) in [5.74, 6) is -0.578. The van der Waals surface area contributed by atoms with Crippen molar-refractivity contribution in [1.82, 2.24) is 0 Å². The van der Waals surface area contributed by atoms with Crippen LogP contribution in [-0.2, 0) is 19.1 Å². The fourth-order valence-electron chi connectivity index (χ4n) is 1.04. The van der Waals surface area contributed by atoms with E-state index in [-0.39, 0.29) is 11.9 Å². The molecule has 0 heterocycles. The van der Waals surface area contributed by atoms with Gasteiger partial charge in [0.1, 0.15) is 12.2 Å².